The smallest absolute Gasteiger partial charge is 0.306 e. The van der Waals surface area contributed by atoms with E-state index in [0.29, 0.717) is 0 Å². The fourth-order valence-corrected chi connectivity index (χ4v) is 1.66. The van der Waals surface area contributed by atoms with Gasteiger partial charge in [-0.2, -0.15) is 0 Å². The van der Waals surface area contributed by atoms with Crippen LogP contribution >= 0.6 is 0 Å². The Balaban J connectivity index is 2.37. The van der Waals surface area contributed by atoms with Gasteiger partial charge in [0.2, 0.25) is 0 Å². The van der Waals surface area contributed by atoms with Gasteiger partial charge in [0.25, 0.3) is 0 Å². The lowest BCUT2D eigenvalue weighted by atomic mass is 9.99. The number of aliphatic hydroxyl groups excluding tert-OH is 4. The number of carbonyl (C=O) groups excluding carboxylic acids is 2. The summed E-state index contributed by atoms with van der Waals surface area (Å²) >= 11 is 0. The SMILES string of the molecule is NCC(=O)CCC(=O)OCC1O[C@@H](O)C(O)C(O)[C@@H]1O. The van der Waals surface area contributed by atoms with Gasteiger partial charge in [-0.1, -0.05) is 0 Å². The molecule has 9 heteroatoms. The Morgan fingerprint density at radius 3 is 2.30 bits per heavy atom. The highest BCUT2D eigenvalue weighted by Crippen LogP contribution is 2.20. The molecule has 0 aromatic rings. The van der Waals surface area contributed by atoms with Crippen molar-refractivity contribution in [1.82, 2.24) is 0 Å². The van der Waals surface area contributed by atoms with Crippen molar-refractivity contribution >= 4 is 11.8 Å². The van der Waals surface area contributed by atoms with Crippen molar-refractivity contribution in [3.63, 3.8) is 0 Å². The molecule has 0 spiro atoms. The number of hydrogen-bond donors (Lipinski definition) is 5. The van der Waals surface area contributed by atoms with E-state index in [1.54, 1.807) is 0 Å². The van der Waals surface area contributed by atoms with Gasteiger partial charge in [-0.3, -0.25) is 9.59 Å². The molecule has 6 N–H and O–H groups in total. The molecule has 0 aliphatic carbocycles. The number of ether oxygens (including phenoxy) is 2. The molecule has 0 saturated carbocycles. The Kier molecular flexibility index (Phi) is 6.46. The molecule has 116 valence electrons. The first-order valence-corrected chi connectivity index (χ1v) is 6.12. The van der Waals surface area contributed by atoms with Crippen LogP contribution in [0.4, 0.5) is 0 Å². The highest BCUT2D eigenvalue weighted by Gasteiger charge is 2.43. The summed E-state index contributed by atoms with van der Waals surface area (Å²) in [6, 6.07) is 0. The van der Waals surface area contributed by atoms with E-state index in [-0.39, 0.29) is 25.2 Å². The van der Waals surface area contributed by atoms with Crippen LogP contribution in [0.15, 0.2) is 0 Å². The van der Waals surface area contributed by atoms with Crippen LogP contribution < -0.4 is 5.73 Å². The topological polar surface area (TPSA) is 160 Å². The largest absolute Gasteiger partial charge is 0.463 e. The predicted molar refractivity (Wildman–Crippen MR) is 63.2 cm³/mol. The zero-order chi connectivity index (χ0) is 15.3. The number of carbonyl (C=O) groups is 2. The summed E-state index contributed by atoms with van der Waals surface area (Å²) in [6.45, 7) is -0.578. The molecule has 1 fully saturated rings. The van der Waals surface area contributed by atoms with Crippen LogP contribution in [-0.4, -0.2) is 76.0 Å². The van der Waals surface area contributed by atoms with Gasteiger partial charge in [0.05, 0.1) is 13.0 Å². The summed E-state index contributed by atoms with van der Waals surface area (Å²) in [7, 11) is 0. The summed E-state index contributed by atoms with van der Waals surface area (Å²) < 4.78 is 9.57. The molecule has 3 unspecified atom stereocenters. The first kappa shape index (κ1) is 17.0. The zero-order valence-electron chi connectivity index (χ0n) is 10.7. The van der Waals surface area contributed by atoms with Gasteiger partial charge in [0.15, 0.2) is 6.29 Å². The summed E-state index contributed by atoms with van der Waals surface area (Å²) in [5.74, 6) is -0.984. The molecule has 0 radical (unpaired) electrons. The lowest BCUT2D eigenvalue weighted by Crippen LogP contribution is -2.58. The van der Waals surface area contributed by atoms with Gasteiger partial charge in [-0.05, 0) is 0 Å². The van der Waals surface area contributed by atoms with Crippen LogP contribution in [0.2, 0.25) is 0 Å². The third kappa shape index (κ3) is 4.47. The Morgan fingerprint density at radius 1 is 1.05 bits per heavy atom. The van der Waals surface area contributed by atoms with Gasteiger partial charge in [0, 0.05) is 6.42 Å². The molecule has 1 rings (SSSR count). The van der Waals surface area contributed by atoms with Crippen molar-refractivity contribution in [2.45, 2.75) is 43.5 Å². The number of nitrogens with two attached hydrogens (primary N) is 1. The Bertz CT molecular complexity index is 349. The molecule has 0 aromatic carbocycles. The van der Waals surface area contributed by atoms with E-state index in [0.717, 1.165) is 0 Å². The highest BCUT2D eigenvalue weighted by molar-refractivity contribution is 5.84. The summed E-state index contributed by atoms with van der Waals surface area (Å²) in [6.07, 6.45) is -7.82. The van der Waals surface area contributed by atoms with Crippen LogP contribution in [0.3, 0.4) is 0 Å². The van der Waals surface area contributed by atoms with Crippen molar-refractivity contribution in [2.24, 2.45) is 5.73 Å². The van der Waals surface area contributed by atoms with Crippen LogP contribution in [0, 0.1) is 0 Å². The first-order valence-electron chi connectivity index (χ1n) is 6.12. The van der Waals surface area contributed by atoms with Crippen molar-refractivity contribution in [2.75, 3.05) is 13.2 Å². The standard InChI is InChI=1S/C11H19NO8/c12-3-5(13)1-2-7(14)19-4-6-8(15)9(16)10(17)11(18)20-6/h6,8-11,15-18H,1-4,12H2/t6?,8-,9?,10?,11-/m1/s1. The molecule has 1 aliphatic rings. The minimum Gasteiger partial charge on any atom is -0.463 e. The number of esters is 1. The van der Waals surface area contributed by atoms with Crippen molar-refractivity contribution < 1.29 is 39.5 Å². The van der Waals surface area contributed by atoms with Crippen molar-refractivity contribution in [3.05, 3.63) is 0 Å². The maximum atomic E-state index is 11.3. The van der Waals surface area contributed by atoms with Crippen LogP contribution in [0.25, 0.3) is 0 Å². The first-order chi connectivity index (χ1) is 9.36. The fourth-order valence-electron chi connectivity index (χ4n) is 1.66. The average molecular weight is 293 g/mol. The van der Waals surface area contributed by atoms with Crippen molar-refractivity contribution in [1.29, 1.82) is 0 Å². The van der Waals surface area contributed by atoms with E-state index < -0.39 is 43.3 Å². The van der Waals surface area contributed by atoms with E-state index in [9.17, 15) is 30.0 Å². The molecule has 1 saturated heterocycles. The van der Waals surface area contributed by atoms with Gasteiger partial charge >= 0.3 is 5.97 Å². The lowest BCUT2D eigenvalue weighted by Gasteiger charge is -2.37. The average Bonchev–Trinajstić information content (AvgIpc) is 2.44. The number of aliphatic hydroxyl groups is 4. The monoisotopic (exact) mass is 293 g/mol. The number of rotatable bonds is 6. The maximum absolute atomic E-state index is 11.3. The van der Waals surface area contributed by atoms with Crippen LogP contribution in [0.5, 0.6) is 0 Å². The number of hydrogen-bond acceptors (Lipinski definition) is 9. The molecule has 0 amide bonds. The minimum atomic E-state index is -1.68. The molecular formula is C11H19NO8. The Morgan fingerprint density at radius 2 is 1.70 bits per heavy atom. The van der Waals surface area contributed by atoms with Crippen LogP contribution in [0.1, 0.15) is 12.8 Å². The summed E-state index contributed by atoms with van der Waals surface area (Å²) in [5, 5.41) is 37.5. The van der Waals surface area contributed by atoms with Crippen molar-refractivity contribution in [3.8, 4) is 0 Å². The Hall–Kier alpha value is -1.10. The second-order valence-electron chi connectivity index (χ2n) is 4.46. The summed E-state index contributed by atoms with van der Waals surface area (Å²) in [5.41, 5.74) is 5.08. The normalized spacial score (nSPS) is 33.8. The third-order valence-corrected chi connectivity index (χ3v) is 2.93. The molecular weight excluding hydrogens is 274 g/mol. The summed E-state index contributed by atoms with van der Waals surface area (Å²) in [4.78, 5) is 22.2. The molecule has 1 aliphatic heterocycles. The number of ketones is 1. The predicted octanol–water partition coefficient (Wildman–Crippen LogP) is -3.36. The molecule has 0 aromatic heterocycles. The van der Waals surface area contributed by atoms with E-state index in [4.69, 9.17) is 15.2 Å². The minimum absolute atomic E-state index is 0.0482. The van der Waals surface area contributed by atoms with Crippen LogP contribution in [-0.2, 0) is 19.1 Å². The molecule has 1 heterocycles. The van der Waals surface area contributed by atoms with Gasteiger partial charge in [0.1, 0.15) is 36.8 Å². The van der Waals surface area contributed by atoms with E-state index in [1.165, 1.54) is 0 Å². The maximum Gasteiger partial charge on any atom is 0.306 e. The van der Waals surface area contributed by atoms with Gasteiger partial charge < -0.3 is 35.6 Å². The fraction of sp³-hybridized carbons (Fsp3) is 0.818. The van der Waals surface area contributed by atoms with E-state index in [1.807, 2.05) is 0 Å². The molecule has 5 atom stereocenters. The third-order valence-electron chi connectivity index (χ3n) is 2.93. The van der Waals surface area contributed by atoms with Gasteiger partial charge in [-0.25, -0.2) is 0 Å². The van der Waals surface area contributed by atoms with E-state index in [2.05, 4.69) is 0 Å². The lowest BCUT2D eigenvalue weighted by molar-refractivity contribution is -0.287. The quantitative estimate of drug-likeness (QED) is 0.315. The second-order valence-corrected chi connectivity index (χ2v) is 4.46. The van der Waals surface area contributed by atoms with Gasteiger partial charge in [-0.15, -0.1) is 0 Å². The molecule has 0 bridgehead atoms. The number of Topliss-reactive ketones (excluding diaryl/α,β-unsaturated/α-hetero) is 1. The van der Waals surface area contributed by atoms with E-state index >= 15 is 0 Å². The molecule has 20 heavy (non-hydrogen) atoms. The second kappa shape index (κ2) is 7.62. The Labute approximate surface area is 114 Å². The zero-order valence-corrected chi connectivity index (χ0v) is 10.7. The highest BCUT2D eigenvalue weighted by atomic mass is 16.6. The molecule has 9 nitrogen and oxygen atoms in total.